The van der Waals surface area contributed by atoms with Gasteiger partial charge in [0, 0.05) is 12.1 Å². The van der Waals surface area contributed by atoms with Gasteiger partial charge >= 0.3 is 0 Å². The maximum absolute atomic E-state index is 5.76. The van der Waals surface area contributed by atoms with E-state index >= 15 is 0 Å². The second kappa shape index (κ2) is 3.32. The first-order chi connectivity index (χ1) is 4.74. The van der Waals surface area contributed by atoms with Gasteiger partial charge in [0.25, 0.3) is 0 Å². The Hall–Kier alpha value is -0.120. The second-order valence-corrected chi connectivity index (χ2v) is 3.24. The quantitative estimate of drug-likeness (QED) is 0.458. The van der Waals surface area contributed by atoms with Crippen LogP contribution < -0.4 is 17.2 Å². The smallest absolute Gasteiger partial charge is 0.0195 e. The minimum absolute atomic E-state index is 0.183. The van der Waals surface area contributed by atoms with Gasteiger partial charge in [0.05, 0.1) is 0 Å². The molecule has 3 nitrogen and oxygen atoms in total. The molecule has 0 spiro atoms. The molecule has 0 aromatic heterocycles. The van der Waals surface area contributed by atoms with Gasteiger partial charge in [-0.2, -0.15) is 0 Å². The standard InChI is InChI=1S/C7H17N3/c8-4-5-1-2-6(9)7(10)3-5/h5-7H,1-4,8-10H2/t5?,6-,7+/m0/s1. The summed E-state index contributed by atoms with van der Waals surface area (Å²) >= 11 is 0. The maximum Gasteiger partial charge on any atom is 0.0195 e. The summed E-state index contributed by atoms with van der Waals surface area (Å²) in [6, 6.07) is 0.394. The molecule has 1 rings (SSSR count). The SMILES string of the molecule is NCC1CC[C@H](N)[C@H](N)C1. The van der Waals surface area contributed by atoms with Crippen LogP contribution in [0.2, 0.25) is 0 Å². The Kier molecular flexibility index (Phi) is 2.65. The molecule has 3 heteroatoms. The molecule has 0 bridgehead atoms. The summed E-state index contributed by atoms with van der Waals surface area (Å²) in [6.07, 6.45) is 3.21. The van der Waals surface area contributed by atoms with Crippen molar-refractivity contribution >= 4 is 0 Å². The first-order valence-corrected chi connectivity index (χ1v) is 3.95. The van der Waals surface area contributed by atoms with Crippen molar-refractivity contribution in [3.63, 3.8) is 0 Å². The molecule has 10 heavy (non-hydrogen) atoms. The first-order valence-electron chi connectivity index (χ1n) is 3.95. The summed E-state index contributed by atoms with van der Waals surface area (Å²) in [6.45, 7) is 0.764. The van der Waals surface area contributed by atoms with Crippen molar-refractivity contribution in [3.8, 4) is 0 Å². The summed E-state index contributed by atoms with van der Waals surface area (Å²) in [5.74, 6) is 0.620. The van der Waals surface area contributed by atoms with Crippen LogP contribution in [0.5, 0.6) is 0 Å². The van der Waals surface area contributed by atoms with Crippen LogP contribution in [0.4, 0.5) is 0 Å². The van der Waals surface area contributed by atoms with E-state index in [1.165, 1.54) is 0 Å². The molecule has 0 saturated heterocycles. The minimum Gasteiger partial charge on any atom is -0.330 e. The van der Waals surface area contributed by atoms with Gasteiger partial charge in [-0.05, 0) is 31.7 Å². The summed E-state index contributed by atoms with van der Waals surface area (Å²) in [5, 5.41) is 0. The van der Waals surface area contributed by atoms with Crippen molar-refractivity contribution in [3.05, 3.63) is 0 Å². The monoisotopic (exact) mass is 143 g/mol. The molecule has 1 saturated carbocycles. The molecular weight excluding hydrogens is 126 g/mol. The summed E-state index contributed by atoms with van der Waals surface area (Å²) in [4.78, 5) is 0. The summed E-state index contributed by atoms with van der Waals surface area (Å²) in [7, 11) is 0. The van der Waals surface area contributed by atoms with Crippen LogP contribution in [0.15, 0.2) is 0 Å². The van der Waals surface area contributed by atoms with Crippen molar-refractivity contribution in [1.82, 2.24) is 0 Å². The predicted molar refractivity (Wildman–Crippen MR) is 42.3 cm³/mol. The molecule has 0 aliphatic heterocycles. The molecule has 0 aromatic rings. The molecule has 6 N–H and O–H groups in total. The van der Waals surface area contributed by atoms with E-state index in [-0.39, 0.29) is 12.1 Å². The Morgan fingerprint density at radius 2 is 1.80 bits per heavy atom. The molecule has 3 atom stereocenters. The van der Waals surface area contributed by atoms with Crippen LogP contribution in [-0.4, -0.2) is 18.6 Å². The topological polar surface area (TPSA) is 78.1 Å². The van der Waals surface area contributed by atoms with Gasteiger partial charge in [-0.1, -0.05) is 0 Å². The lowest BCUT2D eigenvalue weighted by Gasteiger charge is -2.30. The van der Waals surface area contributed by atoms with Crippen molar-refractivity contribution in [2.45, 2.75) is 31.3 Å². The van der Waals surface area contributed by atoms with Gasteiger partial charge in [0.1, 0.15) is 0 Å². The lowest BCUT2D eigenvalue weighted by atomic mass is 9.83. The Labute approximate surface area is 61.9 Å². The average Bonchev–Trinajstić information content (AvgIpc) is 1.95. The van der Waals surface area contributed by atoms with Gasteiger partial charge in [-0.3, -0.25) is 0 Å². The Morgan fingerprint density at radius 3 is 2.30 bits per heavy atom. The van der Waals surface area contributed by atoms with Crippen LogP contribution in [-0.2, 0) is 0 Å². The average molecular weight is 143 g/mol. The zero-order valence-electron chi connectivity index (χ0n) is 6.29. The van der Waals surface area contributed by atoms with Gasteiger partial charge in [-0.25, -0.2) is 0 Å². The van der Waals surface area contributed by atoms with E-state index in [0.717, 1.165) is 25.8 Å². The molecule has 0 aromatic carbocycles. The van der Waals surface area contributed by atoms with Gasteiger partial charge in [0.15, 0.2) is 0 Å². The van der Waals surface area contributed by atoms with Crippen LogP contribution in [0, 0.1) is 5.92 Å². The first kappa shape index (κ1) is 7.98. The molecule has 1 aliphatic rings. The van der Waals surface area contributed by atoms with Crippen molar-refractivity contribution in [1.29, 1.82) is 0 Å². The largest absolute Gasteiger partial charge is 0.330 e. The molecule has 1 fully saturated rings. The van der Waals surface area contributed by atoms with E-state index < -0.39 is 0 Å². The van der Waals surface area contributed by atoms with E-state index in [1.807, 2.05) is 0 Å². The minimum atomic E-state index is 0.183. The normalized spacial score (nSPS) is 41.7. The predicted octanol–water partition coefficient (Wildman–Crippen LogP) is -0.600. The van der Waals surface area contributed by atoms with Gasteiger partial charge in [0.2, 0.25) is 0 Å². The number of hydrogen-bond donors (Lipinski definition) is 3. The van der Waals surface area contributed by atoms with Crippen molar-refractivity contribution < 1.29 is 0 Å². The molecule has 1 aliphatic carbocycles. The Bertz CT molecular complexity index is 105. The third-order valence-corrected chi connectivity index (χ3v) is 2.40. The highest BCUT2D eigenvalue weighted by Gasteiger charge is 2.23. The number of rotatable bonds is 1. The van der Waals surface area contributed by atoms with Crippen LogP contribution in [0.25, 0.3) is 0 Å². The zero-order valence-corrected chi connectivity index (χ0v) is 6.29. The fourth-order valence-electron chi connectivity index (χ4n) is 1.53. The zero-order chi connectivity index (χ0) is 7.56. The van der Waals surface area contributed by atoms with E-state index in [2.05, 4.69) is 0 Å². The second-order valence-electron chi connectivity index (χ2n) is 3.24. The summed E-state index contributed by atoms with van der Waals surface area (Å²) < 4.78 is 0. The van der Waals surface area contributed by atoms with E-state index in [0.29, 0.717) is 5.92 Å². The molecule has 60 valence electrons. The van der Waals surface area contributed by atoms with E-state index in [4.69, 9.17) is 17.2 Å². The van der Waals surface area contributed by atoms with Crippen molar-refractivity contribution in [2.75, 3.05) is 6.54 Å². The lowest BCUT2D eigenvalue weighted by molar-refractivity contribution is 0.295. The van der Waals surface area contributed by atoms with Crippen LogP contribution >= 0.6 is 0 Å². The highest BCUT2D eigenvalue weighted by atomic mass is 14.8. The molecular formula is C7H17N3. The lowest BCUT2D eigenvalue weighted by Crippen LogP contribution is -2.47. The third kappa shape index (κ3) is 1.68. The van der Waals surface area contributed by atoms with E-state index in [9.17, 15) is 0 Å². The Morgan fingerprint density at radius 1 is 1.10 bits per heavy atom. The molecule has 0 radical (unpaired) electrons. The molecule has 1 unspecified atom stereocenters. The van der Waals surface area contributed by atoms with Crippen LogP contribution in [0.3, 0.4) is 0 Å². The number of nitrogens with two attached hydrogens (primary N) is 3. The fourth-order valence-corrected chi connectivity index (χ4v) is 1.53. The Balaban J connectivity index is 2.33. The highest BCUT2D eigenvalue weighted by molar-refractivity contribution is 4.85. The van der Waals surface area contributed by atoms with Crippen LogP contribution in [0.1, 0.15) is 19.3 Å². The summed E-state index contributed by atoms with van der Waals surface area (Å²) in [5.41, 5.74) is 17.0. The van der Waals surface area contributed by atoms with E-state index in [1.54, 1.807) is 0 Å². The highest BCUT2D eigenvalue weighted by Crippen LogP contribution is 2.20. The molecule has 0 heterocycles. The fraction of sp³-hybridized carbons (Fsp3) is 1.00. The maximum atomic E-state index is 5.76. The third-order valence-electron chi connectivity index (χ3n) is 2.40. The van der Waals surface area contributed by atoms with Gasteiger partial charge < -0.3 is 17.2 Å². The van der Waals surface area contributed by atoms with Gasteiger partial charge in [-0.15, -0.1) is 0 Å². The van der Waals surface area contributed by atoms with Crippen molar-refractivity contribution in [2.24, 2.45) is 23.1 Å². The number of hydrogen-bond acceptors (Lipinski definition) is 3. The molecule has 0 amide bonds.